The number of thioether (sulfide) groups is 1. The van der Waals surface area contributed by atoms with Crippen molar-refractivity contribution in [3.05, 3.63) is 51.2 Å². The van der Waals surface area contributed by atoms with Crippen molar-refractivity contribution in [3.63, 3.8) is 0 Å². The van der Waals surface area contributed by atoms with Gasteiger partial charge in [0.05, 0.1) is 9.21 Å². The average Bonchev–Trinajstić information content (AvgIpc) is 2.76. The molecule has 1 aromatic heterocycles. The van der Waals surface area contributed by atoms with Crippen LogP contribution in [0.3, 0.4) is 0 Å². The van der Waals surface area contributed by atoms with Gasteiger partial charge in [0.15, 0.2) is 0 Å². The molecule has 0 aliphatic carbocycles. The summed E-state index contributed by atoms with van der Waals surface area (Å²) in [5.41, 5.74) is 0.712. The van der Waals surface area contributed by atoms with E-state index in [1.54, 1.807) is 23.9 Å². The lowest BCUT2D eigenvalue weighted by molar-refractivity contribution is 0.104. The van der Waals surface area contributed by atoms with Crippen LogP contribution in [0.25, 0.3) is 0 Å². The molecular formula is C13H11ClOS2. The minimum atomic E-state index is 0.0370. The van der Waals surface area contributed by atoms with Crippen molar-refractivity contribution < 1.29 is 4.79 Å². The molecule has 0 atom stereocenters. The molecule has 17 heavy (non-hydrogen) atoms. The Hall–Kier alpha value is -0.770. The van der Waals surface area contributed by atoms with Crippen molar-refractivity contribution in [2.75, 3.05) is 5.75 Å². The highest BCUT2D eigenvalue weighted by Crippen LogP contribution is 2.25. The van der Waals surface area contributed by atoms with Crippen molar-refractivity contribution in [1.82, 2.24) is 0 Å². The molecule has 88 valence electrons. The molecule has 0 aliphatic heterocycles. The SMILES string of the molecule is CCSc1ccc(C(=O)c2ccc(Cl)s2)cc1. The van der Waals surface area contributed by atoms with Crippen LogP contribution >= 0.6 is 34.7 Å². The third-order valence-electron chi connectivity index (χ3n) is 2.22. The summed E-state index contributed by atoms with van der Waals surface area (Å²) in [6.07, 6.45) is 0. The molecule has 0 amide bonds. The maximum atomic E-state index is 12.1. The minimum absolute atomic E-state index is 0.0370. The van der Waals surface area contributed by atoms with E-state index in [9.17, 15) is 4.79 Å². The second kappa shape index (κ2) is 5.71. The molecule has 0 aliphatic rings. The topological polar surface area (TPSA) is 17.1 Å². The number of ketones is 1. The summed E-state index contributed by atoms with van der Waals surface area (Å²) in [4.78, 5) is 13.9. The summed E-state index contributed by atoms with van der Waals surface area (Å²) < 4.78 is 0.645. The van der Waals surface area contributed by atoms with Gasteiger partial charge in [-0.25, -0.2) is 0 Å². The standard InChI is InChI=1S/C13H11ClOS2/c1-2-16-10-5-3-9(4-6-10)13(15)11-7-8-12(14)17-11/h3-8H,2H2,1H3. The number of halogens is 1. The van der Waals surface area contributed by atoms with E-state index in [-0.39, 0.29) is 5.78 Å². The second-order valence-electron chi connectivity index (χ2n) is 3.39. The van der Waals surface area contributed by atoms with Crippen LogP contribution in [-0.2, 0) is 0 Å². The van der Waals surface area contributed by atoms with Crippen LogP contribution in [0.2, 0.25) is 4.34 Å². The number of rotatable bonds is 4. The zero-order valence-corrected chi connectivity index (χ0v) is 11.7. The van der Waals surface area contributed by atoms with Crippen molar-refractivity contribution in [2.24, 2.45) is 0 Å². The van der Waals surface area contributed by atoms with Gasteiger partial charge < -0.3 is 0 Å². The van der Waals surface area contributed by atoms with Crippen LogP contribution in [0.1, 0.15) is 22.2 Å². The van der Waals surface area contributed by atoms with Crippen molar-refractivity contribution in [3.8, 4) is 0 Å². The molecule has 0 saturated heterocycles. The molecule has 0 saturated carbocycles. The van der Waals surface area contributed by atoms with Gasteiger partial charge in [0.2, 0.25) is 5.78 Å². The molecule has 2 rings (SSSR count). The molecule has 1 heterocycles. The maximum Gasteiger partial charge on any atom is 0.202 e. The van der Waals surface area contributed by atoms with Gasteiger partial charge in [-0.2, -0.15) is 0 Å². The molecule has 0 fully saturated rings. The van der Waals surface area contributed by atoms with Crippen molar-refractivity contribution in [1.29, 1.82) is 0 Å². The monoisotopic (exact) mass is 282 g/mol. The Bertz CT molecular complexity index is 516. The molecule has 1 nitrogen and oxygen atoms in total. The predicted molar refractivity (Wildman–Crippen MR) is 75.6 cm³/mol. The summed E-state index contributed by atoms with van der Waals surface area (Å²) in [5.74, 6) is 1.07. The van der Waals surface area contributed by atoms with E-state index in [0.717, 1.165) is 5.75 Å². The number of benzene rings is 1. The zero-order valence-electron chi connectivity index (χ0n) is 9.27. The van der Waals surface area contributed by atoms with Gasteiger partial charge in [-0.05, 0) is 42.2 Å². The molecular weight excluding hydrogens is 272 g/mol. The number of carbonyl (C=O) groups is 1. The highest BCUT2D eigenvalue weighted by Gasteiger charge is 2.11. The Morgan fingerprint density at radius 3 is 2.47 bits per heavy atom. The first-order valence-corrected chi connectivity index (χ1v) is 7.41. The normalized spacial score (nSPS) is 10.5. The Labute approximate surface area is 114 Å². The van der Waals surface area contributed by atoms with Gasteiger partial charge in [-0.15, -0.1) is 23.1 Å². The Morgan fingerprint density at radius 2 is 1.94 bits per heavy atom. The third-order valence-corrected chi connectivity index (χ3v) is 4.35. The number of thiophene rings is 1. The van der Waals surface area contributed by atoms with E-state index in [1.165, 1.54) is 16.2 Å². The van der Waals surface area contributed by atoms with Gasteiger partial charge in [0.1, 0.15) is 0 Å². The first-order valence-electron chi connectivity index (χ1n) is 5.23. The number of carbonyl (C=O) groups excluding carboxylic acids is 1. The van der Waals surface area contributed by atoms with E-state index < -0.39 is 0 Å². The highest BCUT2D eigenvalue weighted by atomic mass is 35.5. The van der Waals surface area contributed by atoms with Crippen LogP contribution in [0.5, 0.6) is 0 Å². The van der Waals surface area contributed by atoms with Crippen LogP contribution in [0.15, 0.2) is 41.3 Å². The Kier molecular flexibility index (Phi) is 4.26. The largest absolute Gasteiger partial charge is 0.288 e. The van der Waals surface area contributed by atoms with E-state index in [0.29, 0.717) is 14.8 Å². The summed E-state index contributed by atoms with van der Waals surface area (Å²) in [7, 11) is 0. The fourth-order valence-corrected chi connectivity index (χ4v) is 3.11. The van der Waals surface area contributed by atoms with Crippen molar-refractivity contribution >= 4 is 40.5 Å². The molecule has 0 bridgehead atoms. The van der Waals surface area contributed by atoms with Crippen LogP contribution < -0.4 is 0 Å². The van der Waals surface area contributed by atoms with Crippen LogP contribution in [-0.4, -0.2) is 11.5 Å². The fourth-order valence-electron chi connectivity index (χ4n) is 1.45. The second-order valence-corrected chi connectivity index (χ2v) is 6.44. The summed E-state index contributed by atoms with van der Waals surface area (Å²) >= 11 is 8.90. The summed E-state index contributed by atoms with van der Waals surface area (Å²) in [6, 6.07) is 11.2. The van der Waals surface area contributed by atoms with Gasteiger partial charge >= 0.3 is 0 Å². The lowest BCUT2D eigenvalue weighted by Gasteiger charge is -2.01. The summed E-state index contributed by atoms with van der Waals surface area (Å²) in [6.45, 7) is 2.11. The van der Waals surface area contributed by atoms with E-state index in [4.69, 9.17) is 11.6 Å². The summed E-state index contributed by atoms with van der Waals surface area (Å²) in [5, 5.41) is 0. The average molecular weight is 283 g/mol. The Morgan fingerprint density at radius 1 is 1.24 bits per heavy atom. The Balaban J connectivity index is 2.20. The number of hydrogen-bond acceptors (Lipinski definition) is 3. The van der Waals surface area contributed by atoms with Gasteiger partial charge in [-0.3, -0.25) is 4.79 Å². The fraction of sp³-hybridized carbons (Fsp3) is 0.154. The van der Waals surface area contributed by atoms with Gasteiger partial charge in [-0.1, -0.05) is 18.5 Å². The van der Waals surface area contributed by atoms with Crippen molar-refractivity contribution in [2.45, 2.75) is 11.8 Å². The molecule has 0 spiro atoms. The minimum Gasteiger partial charge on any atom is -0.288 e. The highest BCUT2D eigenvalue weighted by molar-refractivity contribution is 7.99. The van der Waals surface area contributed by atoms with E-state index in [2.05, 4.69) is 6.92 Å². The van der Waals surface area contributed by atoms with Crippen LogP contribution in [0, 0.1) is 0 Å². The first-order chi connectivity index (χ1) is 8.20. The van der Waals surface area contributed by atoms with E-state index >= 15 is 0 Å². The first kappa shape index (κ1) is 12.7. The van der Waals surface area contributed by atoms with E-state index in [1.807, 2.05) is 24.3 Å². The smallest absolute Gasteiger partial charge is 0.202 e. The van der Waals surface area contributed by atoms with Gasteiger partial charge in [0.25, 0.3) is 0 Å². The predicted octanol–water partition coefficient (Wildman–Crippen LogP) is 4.74. The van der Waals surface area contributed by atoms with Crippen LogP contribution in [0.4, 0.5) is 0 Å². The lowest BCUT2D eigenvalue weighted by atomic mass is 10.1. The lowest BCUT2D eigenvalue weighted by Crippen LogP contribution is -1.97. The van der Waals surface area contributed by atoms with Gasteiger partial charge in [0, 0.05) is 10.5 Å². The molecule has 0 radical (unpaired) electrons. The molecule has 4 heteroatoms. The maximum absolute atomic E-state index is 12.1. The third kappa shape index (κ3) is 3.12. The molecule has 1 aromatic carbocycles. The number of hydrogen-bond donors (Lipinski definition) is 0. The quantitative estimate of drug-likeness (QED) is 0.595. The molecule has 0 unspecified atom stereocenters. The molecule has 0 N–H and O–H groups in total. The zero-order chi connectivity index (χ0) is 12.3. The molecule has 2 aromatic rings.